The van der Waals surface area contributed by atoms with Gasteiger partial charge in [0.15, 0.2) is 0 Å². The van der Waals surface area contributed by atoms with Gasteiger partial charge in [0, 0.05) is 32.7 Å². The minimum Gasteiger partial charge on any atom is -0.392 e. The molecule has 0 aromatic carbocycles. The van der Waals surface area contributed by atoms with Crippen LogP contribution in [0.4, 0.5) is 0 Å². The van der Waals surface area contributed by atoms with Crippen LogP contribution in [0.1, 0.15) is 20.8 Å². The van der Waals surface area contributed by atoms with E-state index in [0.717, 1.165) is 13.1 Å². The molecule has 0 aliphatic heterocycles. The van der Waals surface area contributed by atoms with Crippen LogP contribution >= 0.6 is 0 Å². The van der Waals surface area contributed by atoms with Crippen LogP contribution in [0.25, 0.3) is 0 Å². The Morgan fingerprint density at radius 2 is 1.43 bits per heavy atom. The van der Waals surface area contributed by atoms with Gasteiger partial charge in [-0.25, -0.2) is 5.14 Å². The predicted molar refractivity (Wildman–Crippen MR) is 80.1 cm³/mol. The lowest BCUT2D eigenvalue weighted by Gasteiger charge is -2.25. The van der Waals surface area contributed by atoms with E-state index in [9.17, 15) is 10.2 Å². The molecule has 0 saturated carbocycles. The maximum atomic E-state index is 9.30. The van der Waals surface area contributed by atoms with E-state index < -0.39 is 22.5 Å². The molecule has 3 unspecified atom stereocenters. The molecule has 0 saturated heterocycles. The van der Waals surface area contributed by atoms with E-state index in [0.29, 0.717) is 19.6 Å². The monoisotopic (exact) mass is 331 g/mol. The summed E-state index contributed by atoms with van der Waals surface area (Å²) in [5.41, 5.74) is 0. The summed E-state index contributed by atoms with van der Waals surface area (Å²) in [6.45, 7) is 8.37. The van der Waals surface area contributed by atoms with Crippen LogP contribution in [0.3, 0.4) is 0 Å². The second-order valence-electron chi connectivity index (χ2n) is 5.03. The van der Waals surface area contributed by atoms with E-state index in [2.05, 4.69) is 10.5 Å². The standard InChI is InChI=1S/C11H26N2O3.H3NO3S/c1-9(14)6-12-4-5-13(7-10(2)15)8-11(3)16;1-5(2,3)4/h9-12,14-16H,4-8H2,1-3H3;(H3,1,2,3,4). The van der Waals surface area contributed by atoms with Gasteiger partial charge in [0.05, 0.1) is 18.3 Å². The summed E-state index contributed by atoms with van der Waals surface area (Å²) in [5.74, 6) is 0. The van der Waals surface area contributed by atoms with Crippen molar-refractivity contribution in [3.63, 3.8) is 0 Å². The lowest BCUT2D eigenvalue weighted by Crippen LogP contribution is -2.41. The fourth-order valence-corrected chi connectivity index (χ4v) is 1.55. The molecule has 3 atom stereocenters. The SMILES string of the molecule is CC(O)CNCCN(CC(C)O)CC(C)O.NS(=O)(=O)O. The van der Waals surface area contributed by atoms with Gasteiger partial charge in [-0.15, -0.1) is 0 Å². The third-order valence-electron chi connectivity index (χ3n) is 2.09. The van der Waals surface area contributed by atoms with Crippen molar-refractivity contribution in [3.8, 4) is 0 Å². The molecule has 9 nitrogen and oxygen atoms in total. The maximum absolute atomic E-state index is 9.30. The Labute approximate surface area is 126 Å². The lowest BCUT2D eigenvalue weighted by atomic mass is 10.3. The molecule has 0 bridgehead atoms. The lowest BCUT2D eigenvalue weighted by molar-refractivity contribution is 0.0833. The van der Waals surface area contributed by atoms with E-state index >= 15 is 0 Å². The second kappa shape index (κ2) is 12.2. The molecule has 7 N–H and O–H groups in total. The van der Waals surface area contributed by atoms with Gasteiger partial charge >= 0.3 is 10.3 Å². The number of nitrogens with one attached hydrogen (secondary N) is 1. The van der Waals surface area contributed by atoms with Crippen molar-refractivity contribution in [2.24, 2.45) is 5.14 Å². The zero-order valence-corrected chi connectivity index (χ0v) is 13.6. The van der Waals surface area contributed by atoms with Crippen LogP contribution in [0, 0.1) is 0 Å². The number of rotatable bonds is 9. The summed E-state index contributed by atoms with van der Waals surface area (Å²) >= 11 is 0. The van der Waals surface area contributed by atoms with Crippen LogP contribution < -0.4 is 10.5 Å². The molecule has 130 valence electrons. The molecule has 0 rings (SSSR count). The van der Waals surface area contributed by atoms with E-state index in [1.165, 1.54) is 0 Å². The number of nitrogens with zero attached hydrogens (tertiary/aromatic N) is 1. The molecule has 0 amide bonds. The average molecular weight is 331 g/mol. The van der Waals surface area contributed by atoms with Gasteiger partial charge in [0.2, 0.25) is 0 Å². The molecular weight excluding hydrogens is 302 g/mol. The first kappa shape index (κ1) is 22.9. The largest absolute Gasteiger partial charge is 0.392 e. The predicted octanol–water partition coefficient (Wildman–Crippen LogP) is -2.23. The van der Waals surface area contributed by atoms with E-state index in [-0.39, 0.29) is 6.10 Å². The Balaban J connectivity index is 0. The third-order valence-corrected chi connectivity index (χ3v) is 2.09. The fourth-order valence-electron chi connectivity index (χ4n) is 1.55. The van der Waals surface area contributed by atoms with Crippen molar-refractivity contribution >= 4 is 10.3 Å². The van der Waals surface area contributed by atoms with Crippen molar-refractivity contribution in [2.75, 3.05) is 32.7 Å². The first-order chi connectivity index (χ1) is 9.41. The summed E-state index contributed by atoms with van der Waals surface area (Å²) in [7, 11) is -4.17. The third kappa shape index (κ3) is 28.5. The summed E-state index contributed by atoms with van der Waals surface area (Å²) in [6, 6.07) is 0. The van der Waals surface area contributed by atoms with Crippen LogP contribution in [-0.2, 0) is 10.3 Å². The van der Waals surface area contributed by atoms with E-state index in [1.807, 2.05) is 4.90 Å². The normalized spacial score (nSPS) is 16.0. The summed E-state index contributed by atoms with van der Waals surface area (Å²) in [6.07, 6.45) is -1.13. The highest BCUT2D eigenvalue weighted by atomic mass is 32.2. The van der Waals surface area contributed by atoms with Crippen molar-refractivity contribution in [2.45, 2.75) is 39.1 Å². The highest BCUT2D eigenvalue weighted by Crippen LogP contribution is 1.94. The number of aliphatic hydroxyl groups excluding tert-OH is 3. The molecule has 0 aliphatic rings. The van der Waals surface area contributed by atoms with Crippen LogP contribution in [0.15, 0.2) is 0 Å². The molecular formula is C11H29N3O6S. The molecule has 0 aliphatic carbocycles. The highest BCUT2D eigenvalue weighted by molar-refractivity contribution is 7.83. The molecule has 0 aromatic heterocycles. The van der Waals surface area contributed by atoms with Crippen molar-refractivity contribution in [3.05, 3.63) is 0 Å². The number of aliphatic hydroxyl groups is 3. The molecule has 0 heterocycles. The Morgan fingerprint density at radius 1 is 1.05 bits per heavy atom. The Kier molecular flexibility index (Phi) is 13.4. The quantitative estimate of drug-likeness (QED) is 0.205. The number of hydrogen-bond acceptors (Lipinski definition) is 7. The smallest absolute Gasteiger partial charge is 0.330 e. The van der Waals surface area contributed by atoms with E-state index in [4.69, 9.17) is 18.1 Å². The Hall–Kier alpha value is -0.330. The molecule has 10 heteroatoms. The van der Waals surface area contributed by atoms with Gasteiger partial charge in [-0.05, 0) is 20.8 Å². The maximum Gasteiger partial charge on any atom is 0.330 e. The van der Waals surface area contributed by atoms with Crippen LogP contribution in [0.2, 0.25) is 0 Å². The molecule has 21 heavy (non-hydrogen) atoms. The Bertz CT molecular complexity index is 317. The summed E-state index contributed by atoms with van der Waals surface area (Å²) in [5, 5.41) is 34.6. The zero-order chi connectivity index (χ0) is 17.1. The van der Waals surface area contributed by atoms with Crippen molar-refractivity contribution in [1.82, 2.24) is 10.2 Å². The zero-order valence-electron chi connectivity index (χ0n) is 12.8. The molecule has 0 fully saturated rings. The first-order valence-electron chi connectivity index (χ1n) is 6.64. The fraction of sp³-hybridized carbons (Fsp3) is 1.00. The molecule has 0 radical (unpaired) electrons. The van der Waals surface area contributed by atoms with Crippen molar-refractivity contribution in [1.29, 1.82) is 0 Å². The van der Waals surface area contributed by atoms with E-state index in [1.54, 1.807) is 20.8 Å². The summed E-state index contributed by atoms with van der Waals surface area (Å²) in [4.78, 5) is 2.00. The van der Waals surface area contributed by atoms with Crippen molar-refractivity contribution < 1.29 is 28.3 Å². The van der Waals surface area contributed by atoms with Gasteiger partial charge in [-0.2, -0.15) is 8.42 Å². The number of nitrogens with two attached hydrogens (primary N) is 1. The first-order valence-corrected chi connectivity index (χ1v) is 8.14. The summed E-state index contributed by atoms with van der Waals surface area (Å²) < 4.78 is 25.2. The van der Waals surface area contributed by atoms with Gasteiger partial charge < -0.3 is 20.6 Å². The minimum absolute atomic E-state index is 0.345. The second-order valence-corrected chi connectivity index (χ2v) is 6.06. The molecule has 0 aromatic rings. The highest BCUT2D eigenvalue weighted by Gasteiger charge is 2.10. The van der Waals surface area contributed by atoms with Crippen LogP contribution in [0.5, 0.6) is 0 Å². The van der Waals surface area contributed by atoms with Gasteiger partial charge in [-0.1, -0.05) is 0 Å². The van der Waals surface area contributed by atoms with Gasteiger partial charge in [0.25, 0.3) is 0 Å². The minimum atomic E-state index is -4.17. The Morgan fingerprint density at radius 3 is 1.71 bits per heavy atom. The molecule has 0 spiro atoms. The average Bonchev–Trinajstić information content (AvgIpc) is 2.19. The topological polar surface area (TPSA) is 156 Å². The van der Waals surface area contributed by atoms with Gasteiger partial charge in [0.1, 0.15) is 0 Å². The number of hydrogen-bond donors (Lipinski definition) is 6. The van der Waals surface area contributed by atoms with Gasteiger partial charge in [-0.3, -0.25) is 9.45 Å². The van der Waals surface area contributed by atoms with Crippen LogP contribution in [-0.4, -0.2) is 84.2 Å².